The zero-order valence-corrected chi connectivity index (χ0v) is 12.9. The lowest BCUT2D eigenvalue weighted by molar-refractivity contribution is 0.480. The Morgan fingerprint density at radius 1 is 1.22 bits per heavy atom. The summed E-state index contributed by atoms with van der Waals surface area (Å²) in [5.74, 6) is 1.04. The zero-order chi connectivity index (χ0) is 16.1. The summed E-state index contributed by atoms with van der Waals surface area (Å²) in [6.07, 6.45) is 4.30. The Labute approximate surface area is 135 Å². The molecule has 0 spiro atoms. The molecule has 1 aliphatic heterocycles. The van der Waals surface area contributed by atoms with E-state index in [1.54, 1.807) is 0 Å². The number of aryl methyl sites for hydroxylation is 2. The van der Waals surface area contributed by atoms with E-state index < -0.39 is 0 Å². The smallest absolute Gasteiger partial charge is 0.235 e. The van der Waals surface area contributed by atoms with E-state index in [-0.39, 0.29) is 6.04 Å². The molecule has 0 aliphatic carbocycles. The molecule has 0 bridgehead atoms. The van der Waals surface area contributed by atoms with E-state index in [1.165, 1.54) is 5.56 Å². The monoisotopic (exact) mass is 306 g/mol. The second-order valence-electron chi connectivity index (χ2n) is 5.69. The predicted molar refractivity (Wildman–Crippen MR) is 85.7 cm³/mol. The number of hydrogen-bond donors (Lipinski definition) is 0. The SMILES string of the molecule is N#Cc1nc(CCCc2ccccc2)oc1N1CCC[C@H]1C#N. The average molecular weight is 306 g/mol. The first-order valence-electron chi connectivity index (χ1n) is 7.92. The Kier molecular flexibility index (Phi) is 4.59. The van der Waals surface area contributed by atoms with Gasteiger partial charge in [-0.25, -0.2) is 4.98 Å². The van der Waals surface area contributed by atoms with Crippen LogP contribution in [0, 0.1) is 22.7 Å². The van der Waals surface area contributed by atoms with E-state index >= 15 is 0 Å². The fourth-order valence-corrected chi connectivity index (χ4v) is 2.96. The van der Waals surface area contributed by atoms with E-state index in [1.807, 2.05) is 23.1 Å². The van der Waals surface area contributed by atoms with Crippen LogP contribution in [0.15, 0.2) is 34.7 Å². The molecule has 2 aromatic rings. The van der Waals surface area contributed by atoms with Crippen molar-refractivity contribution in [1.82, 2.24) is 4.98 Å². The van der Waals surface area contributed by atoms with Crippen LogP contribution in [0.4, 0.5) is 5.88 Å². The van der Waals surface area contributed by atoms with Crippen LogP contribution >= 0.6 is 0 Å². The van der Waals surface area contributed by atoms with Gasteiger partial charge in [-0.3, -0.25) is 0 Å². The topological polar surface area (TPSA) is 76.8 Å². The molecule has 2 heterocycles. The van der Waals surface area contributed by atoms with E-state index in [0.29, 0.717) is 23.9 Å². The van der Waals surface area contributed by atoms with Gasteiger partial charge in [-0.05, 0) is 31.2 Å². The lowest BCUT2D eigenvalue weighted by atomic mass is 10.1. The maximum absolute atomic E-state index is 9.27. The Morgan fingerprint density at radius 2 is 2.04 bits per heavy atom. The van der Waals surface area contributed by atoms with Gasteiger partial charge in [0, 0.05) is 13.0 Å². The van der Waals surface area contributed by atoms with Crippen LogP contribution in [-0.2, 0) is 12.8 Å². The van der Waals surface area contributed by atoms with Gasteiger partial charge in [0.1, 0.15) is 12.1 Å². The summed E-state index contributed by atoms with van der Waals surface area (Å²) < 4.78 is 5.80. The minimum atomic E-state index is -0.216. The molecular weight excluding hydrogens is 288 g/mol. The van der Waals surface area contributed by atoms with Crippen molar-refractivity contribution in [2.45, 2.75) is 38.1 Å². The second-order valence-corrected chi connectivity index (χ2v) is 5.69. The Bertz CT molecular complexity index is 739. The van der Waals surface area contributed by atoms with E-state index in [9.17, 15) is 10.5 Å². The molecule has 5 heteroatoms. The highest BCUT2D eigenvalue weighted by atomic mass is 16.4. The quantitative estimate of drug-likeness (QED) is 0.847. The van der Waals surface area contributed by atoms with Crippen molar-refractivity contribution in [3.05, 3.63) is 47.5 Å². The minimum absolute atomic E-state index is 0.216. The number of rotatable bonds is 5. The van der Waals surface area contributed by atoms with Crippen LogP contribution in [0.5, 0.6) is 0 Å². The fraction of sp³-hybridized carbons (Fsp3) is 0.389. The fourth-order valence-electron chi connectivity index (χ4n) is 2.96. The highest BCUT2D eigenvalue weighted by Gasteiger charge is 2.30. The molecule has 116 valence electrons. The third-order valence-electron chi connectivity index (χ3n) is 4.12. The summed E-state index contributed by atoms with van der Waals surface area (Å²) in [4.78, 5) is 6.16. The molecule has 5 nitrogen and oxygen atoms in total. The van der Waals surface area contributed by atoms with Gasteiger partial charge in [0.25, 0.3) is 0 Å². The Morgan fingerprint density at radius 3 is 2.78 bits per heavy atom. The summed E-state index contributed by atoms with van der Waals surface area (Å²) in [5.41, 5.74) is 1.57. The molecule has 1 aromatic carbocycles. The molecule has 0 saturated carbocycles. The molecule has 1 aliphatic rings. The van der Waals surface area contributed by atoms with E-state index in [4.69, 9.17) is 4.42 Å². The number of nitriles is 2. The van der Waals surface area contributed by atoms with Crippen molar-refractivity contribution in [2.75, 3.05) is 11.4 Å². The molecule has 1 atom stereocenters. The van der Waals surface area contributed by atoms with Crippen molar-refractivity contribution in [2.24, 2.45) is 0 Å². The summed E-state index contributed by atoms with van der Waals surface area (Å²) >= 11 is 0. The third kappa shape index (κ3) is 3.35. The highest BCUT2D eigenvalue weighted by molar-refractivity contribution is 5.51. The zero-order valence-electron chi connectivity index (χ0n) is 12.9. The van der Waals surface area contributed by atoms with Crippen LogP contribution < -0.4 is 4.90 Å². The van der Waals surface area contributed by atoms with Crippen LogP contribution in [0.25, 0.3) is 0 Å². The number of aromatic nitrogens is 1. The molecule has 1 aromatic heterocycles. The average Bonchev–Trinajstić information content (AvgIpc) is 3.21. The molecule has 0 N–H and O–H groups in total. The number of nitrogens with zero attached hydrogens (tertiary/aromatic N) is 4. The van der Waals surface area contributed by atoms with E-state index in [2.05, 4.69) is 29.3 Å². The molecule has 0 unspecified atom stereocenters. The molecule has 1 fully saturated rings. The maximum atomic E-state index is 9.27. The van der Waals surface area contributed by atoms with Crippen molar-refractivity contribution in [3.8, 4) is 12.1 Å². The molecule has 1 saturated heterocycles. The molecule has 0 amide bonds. The predicted octanol–water partition coefficient (Wildman–Crippen LogP) is 3.21. The summed E-state index contributed by atoms with van der Waals surface area (Å²) in [7, 11) is 0. The molecule has 23 heavy (non-hydrogen) atoms. The van der Waals surface area contributed by atoms with E-state index in [0.717, 1.165) is 32.2 Å². The van der Waals surface area contributed by atoms with Crippen molar-refractivity contribution in [3.63, 3.8) is 0 Å². The standard InChI is InChI=1S/C18H18N4O/c19-12-15-9-5-11-22(15)18-16(13-20)21-17(23-18)10-4-8-14-6-2-1-3-7-14/h1-3,6-7,15H,4-5,8-11H2/t15-/m0/s1. The highest BCUT2D eigenvalue weighted by Crippen LogP contribution is 2.29. The van der Waals surface area contributed by atoms with Crippen LogP contribution in [0.3, 0.4) is 0 Å². The lowest BCUT2D eigenvalue weighted by Gasteiger charge is -2.17. The van der Waals surface area contributed by atoms with Gasteiger partial charge in [0.05, 0.1) is 6.07 Å². The number of anilines is 1. The molecule has 3 rings (SSSR count). The minimum Gasteiger partial charge on any atom is -0.424 e. The third-order valence-corrected chi connectivity index (χ3v) is 4.12. The number of hydrogen-bond acceptors (Lipinski definition) is 5. The van der Waals surface area contributed by atoms with Gasteiger partial charge in [-0.15, -0.1) is 0 Å². The summed E-state index contributed by atoms with van der Waals surface area (Å²) in [6, 6.07) is 14.4. The van der Waals surface area contributed by atoms with Crippen LogP contribution in [0.2, 0.25) is 0 Å². The molecule has 0 radical (unpaired) electrons. The first kappa shape index (κ1) is 15.1. The van der Waals surface area contributed by atoms with Gasteiger partial charge >= 0.3 is 0 Å². The lowest BCUT2D eigenvalue weighted by Crippen LogP contribution is -2.27. The van der Waals surface area contributed by atoms with Gasteiger partial charge in [0.2, 0.25) is 11.6 Å². The largest absolute Gasteiger partial charge is 0.424 e. The van der Waals surface area contributed by atoms with Gasteiger partial charge in [0.15, 0.2) is 5.89 Å². The van der Waals surface area contributed by atoms with Crippen molar-refractivity contribution < 1.29 is 4.42 Å². The van der Waals surface area contributed by atoms with Crippen molar-refractivity contribution >= 4 is 5.88 Å². The Hall–Kier alpha value is -2.79. The number of benzene rings is 1. The normalized spacial score (nSPS) is 17.0. The first-order valence-corrected chi connectivity index (χ1v) is 7.92. The van der Waals surface area contributed by atoms with Crippen molar-refractivity contribution in [1.29, 1.82) is 10.5 Å². The summed E-state index contributed by atoms with van der Waals surface area (Å²) in [6.45, 7) is 0.742. The Balaban J connectivity index is 1.67. The first-order chi connectivity index (χ1) is 11.3. The van der Waals surface area contributed by atoms with Gasteiger partial charge < -0.3 is 9.32 Å². The maximum Gasteiger partial charge on any atom is 0.235 e. The second kappa shape index (κ2) is 6.98. The van der Waals surface area contributed by atoms with Gasteiger partial charge in [-0.1, -0.05) is 30.3 Å². The summed E-state index contributed by atoms with van der Waals surface area (Å²) in [5, 5.41) is 18.5. The van der Waals surface area contributed by atoms with Gasteiger partial charge in [-0.2, -0.15) is 10.5 Å². The van der Waals surface area contributed by atoms with Crippen LogP contribution in [0.1, 0.15) is 36.4 Å². The number of oxazole rings is 1. The molecular formula is C18H18N4O. The van der Waals surface area contributed by atoms with Crippen LogP contribution in [-0.4, -0.2) is 17.6 Å².